The molecule has 2 rings (SSSR count). The number of carbonyl (C=O) groups excluding carboxylic acids is 1. The van der Waals surface area contributed by atoms with Crippen LogP contribution < -0.4 is 10.1 Å². The molecule has 0 aliphatic heterocycles. The summed E-state index contributed by atoms with van der Waals surface area (Å²) >= 11 is 5.98. The van der Waals surface area contributed by atoms with Gasteiger partial charge >= 0.3 is 0 Å². The molecule has 122 valence electrons. The van der Waals surface area contributed by atoms with E-state index in [9.17, 15) is 9.90 Å². The largest absolute Gasteiger partial charge is 0.490 e. The Morgan fingerprint density at radius 2 is 1.83 bits per heavy atom. The maximum atomic E-state index is 12.0. The highest BCUT2D eigenvalue weighted by Gasteiger charge is 2.26. The van der Waals surface area contributed by atoms with Gasteiger partial charge in [-0.2, -0.15) is 0 Å². The number of hydrogen-bond acceptors (Lipinski definition) is 3. The van der Waals surface area contributed by atoms with E-state index in [1.165, 1.54) is 0 Å². The number of carbonyl (C=O) groups is 1. The Bertz CT molecular complexity index is 644. The lowest BCUT2D eigenvalue weighted by Crippen LogP contribution is -2.34. The van der Waals surface area contributed by atoms with Crippen molar-refractivity contribution >= 4 is 17.5 Å². The highest BCUT2D eigenvalue weighted by atomic mass is 35.5. The maximum absolute atomic E-state index is 12.0. The van der Waals surface area contributed by atoms with E-state index in [-0.39, 0.29) is 12.3 Å². The normalized spacial score (nSPS) is 13.2. The molecular weight excluding hydrogens is 314 g/mol. The molecule has 0 radical (unpaired) electrons. The number of hydrogen-bond donors (Lipinski definition) is 2. The Balaban J connectivity index is 1.76. The summed E-state index contributed by atoms with van der Waals surface area (Å²) in [5.41, 5.74) is -0.489. The Morgan fingerprint density at radius 1 is 1.17 bits per heavy atom. The number of ether oxygens (including phenoxy) is 1. The first-order chi connectivity index (χ1) is 11.0. The molecular formula is C18H20ClNO3. The van der Waals surface area contributed by atoms with Gasteiger partial charge in [-0.05, 0) is 24.6 Å². The molecule has 0 saturated carbocycles. The predicted octanol–water partition coefficient (Wildman–Crippen LogP) is 3.13. The summed E-state index contributed by atoms with van der Waals surface area (Å²) in [6, 6.07) is 16.3. The zero-order valence-corrected chi connectivity index (χ0v) is 13.7. The van der Waals surface area contributed by atoms with Gasteiger partial charge < -0.3 is 15.2 Å². The first-order valence-electron chi connectivity index (χ1n) is 7.41. The molecule has 2 aromatic rings. The van der Waals surface area contributed by atoms with Crippen molar-refractivity contribution in [2.24, 2.45) is 0 Å². The third kappa shape index (κ3) is 5.27. The molecule has 0 heterocycles. The quantitative estimate of drug-likeness (QED) is 0.765. The Labute approximate surface area is 141 Å². The molecule has 0 aromatic heterocycles. The van der Waals surface area contributed by atoms with Gasteiger partial charge in [0.25, 0.3) is 0 Å². The molecule has 0 aliphatic carbocycles. The van der Waals surface area contributed by atoms with Crippen molar-refractivity contribution in [3.63, 3.8) is 0 Å². The molecule has 0 spiro atoms. The zero-order chi connectivity index (χ0) is 16.7. The van der Waals surface area contributed by atoms with Crippen molar-refractivity contribution in [1.29, 1.82) is 0 Å². The lowest BCUT2D eigenvalue weighted by Gasteiger charge is -2.23. The molecule has 0 fully saturated rings. The van der Waals surface area contributed by atoms with E-state index in [2.05, 4.69) is 5.32 Å². The fourth-order valence-electron chi connectivity index (χ4n) is 2.19. The van der Waals surface area contributed by atoms with E-state index in [0.29, 0.717) is 29.5 Å². The summed E-state index contributed by atoms with van der Waals surface area (Å²) in [5.74, 6) is 0.348. The molecule has 5 heteroatoms. The summed E-state index contributed by atoms with van der Waals surface area (Å²) in [5, 5.41) is 13.7. The maximum Gasteiger partial charge on any atom is 0.223 e. The average molecular weight is 334 g/mol. The van der Waals surface area contributed by atoms with E-state index in [1.54, 1.807) is 31.2 Å². The van der Waals surface area contributed by atoms with E-state index in [4.69, 9.17) is 16.3 Å². The van der Waals surface area contributed by atoms with Gasteiger partial charge in [0.1, 0.15) is 12.4 Å². The van der Waals surface area contributed by atoms with Crippen LogP contribution in [0.15, 0.2) is 54.6 Å². The molecule has 0 bridgehead atoms. The second kappa shape index (κ2) is 7.99. The average Bonchev–Trinajstić information content (AvgIpc) is 2.53. The minimum absolute atomic E-state index is 0.0108. The van der Waals surface area contributed by atoms with Gasteiger partial charge in [0.15, 0.2) is 0 Å². The second-order valence-corrected chi connectivity index (χ2v) is 5.85. The van der Waals surface area contributed by atoms with E-state index < -0.39 is 5.60 Å². The molecule has 0 saturated heterocycles. The van der Waals surface area contributed by atoms with Crippen molar-refractivity contribution in [3.8, 4) is 5.75 Å². The topological polar surface area (TPSA) is 58.6 Å². The summed E-state index contributed by atoms with van der Waals surface area (Å²) < 4.78 is 5.49. The van der Waals surface area contributed by atoms with Crippen LogP contribution >= 0.6 is 11.6 Å². The lowest BCUT2D eigenvalue weighted by molar-refractivity contribution is -0.125. The highest BCUT2D eigenvalue weighted by molar-refractivity contribution is 6.32. The summed E-state index contributed by atoms with van der Waals surface area (Å²) in [7, 11) is 0. The second-order valence-electron chi connectivity index (χ2n) is 5.45. The van der Waals surface area contributed by atoms with Crippen molar-refractivity contribution in [2.75, 3.05) is 13.2 Å². The van der Waals surface area contributed by atoms with Gasteiger partial charge in [0, 0.05) is 0 Å². The van der Waals surface area contributed by atoms with Gasteiger partial charge in [-0.1, -0.05) is 54.1 Å². The van der Waals surface area contributed by atoms with E-state index in [1.807, 2.05) is 30.3 Å². The van der Waals surface area contributed by atoms with Crippen LogP contribution in [0.5, 0.6) is 5.75 Å². The zero-order valence-electron chi connectivity index (χ0n) is 13.0. The molecule has 23 heavy (non-hydrogen) atoms. The van der Waals surface area contributed by atoms with Crippen molar-refractivity contribution < 1.29 is 14.6 Å². The van der Waals surface area contributed by atoms with Crippen molar-refractivity contribution in [1.82, 2.24) is 5.32 Å². The molecule has 2 aromatic carbocycles. The number of benzene rings is 2. The molecule has 2 N–H and O–H groups in total. The van der Waals surface area contributed by atoms with Crippen molar-refractivity contribution in [3.05, 3.63) is 65.2 Å². The Morgan fingerprint density at radius 3 is 2.52 bits per heavy atom. The minimum Gasteiger partial charge on any atom is -0.490 e. The van der Waals surface area contributed by atoms with Crippen LogP contribution in [0.2, 0.25) is 5.02 Å². The van der Waals surface area contributed by atoms with Crippen LogP contribution in [-0.4, -0.2) is 24.2 Å². The monoisotopic (exact) mass is 333 g/mol. The molecule has 4 nitrogen and oxygen atoms in total. The first-order valence-corrected chi connectivity index (χ1v) is 7.79. The van der Waals surface area contributed by atoms with E-state index >= 15 is 0 Å². The fraction of sp³-hybridized carbons (Fsp3) is 0.278. The summed E-state index contributed by atoms with van der Waals surface area (Å²) in [6.07, 6.45) is -0.0108. The third-order valence-corrected chi connectivity index (χ3v) is 3.73. The molecule has 1 atom stereocenters. The summed E-state index contributed by atoms with van der Waals surface area (Å²) in [6.45, 7) is 2.28. The highest BCUT2D eigenvalue weighted by Crippen LogP contribution is 2.24. The Hall–Kier alpha value is -2.04. The molecule has 1 amide bonds. The number of halogens is 1. The number of amides is 1. The van der Waals surface area contributed by atoms with Gasteiger partial charge in [-0.15, -0.1) is 0 Å². The van der Waals surface area contributed by atoms with Gasteiger partial charge in [-0.3, -0.25) is 4.79 Å². The van der Waals surface area contributed by atoms with Gasteiger partial charge in [-0.25, -0.2) is 0 Å². The van der Waals surface area contributed by atoms with Crippen LogP contribution in [-0.2, 0) is 10.4 Å². The number of para-hydroxylation sites is 1. The smallest absolute Gasteiger partial charge is 0.223 e. The third-order valence-electron chi connectivity index (χ3n) is 3.42. The van der Waals surface area contributed by atoms with Gasteiger partial charge in [0.2, 0.25) is 5.91 Å². The first kappa shape index (κ1) is 17.3. The van der Waals surface area contributed by atoms with Crippen molar-refractivity contribution in [2.45, 2.75) is 18.9 Å². The SMILES string of the molecule is CC(O)(CC(=O)NCCOc1ccccc1Cl)c1ccccc1. The minimum atomic E-state index is -1.20. The number of aliphatic hydroxyl groups is 1. The van der Waals surface area contributed by atoms with Crippen LogP contribution in [0.3, 0.4) is 0 Å². The fourth-order valence-corrected chi connectivity index (χ4v) is 2.38. The van der Waals surface area contributed by atoms with Crippen LogP contribution in [0.25, 0.3) is 0 Å². The number of rotatable bonds is 7. The van der Waals surface area contributed by atoms with Crippen LogP contribution in [0.1, 0.15) is 18.9 Å². The van der Waals surface area contributed by atoms with Gasteiger partial charge in [0.05, 0.1) is 23.6 Å². The Kier molecular flexibility index (Phi) is 6.02. The van der Waals surface area contributed by atoms with Crippen LogP contribution in [0.4, 0.5) is 0 Å². The number of nitrogens with one attached hydrogen (secondary N) is 1. The van der Waals surface area contributed by atoms with Crippen LogP contribution in [0, 0.1) is 0 Å². The molecule has 1 unspecified atom stereocenters. The molecule has 0 aliphatic rings. The van der Waals surface area contributed by atoms with E-state index in [0.717, 1.165) is 0 Å². The predicted molar refractivity (Wildman–Crippen MR) is 90.6 cm³/mol. The standard InChI is InChI=1S/C18H20ClNO3/c1-18(22,14-7-3-2-4-8-14)13-17(21)20-11-12-23-16-10-6-5-9-15(16)19/h2-10,22H,11-13H2,1H3,(H,20,21). The summed E-state index contributed by atoms with van der Waals surface area (Å²) in [4.78, 5) is 12.0. The lowest BCUT2D eigenvalue weighted by atomic mass is 9.92.